The maximum atomic E-state index is 14.6. The lowest BCUT2D eigenvalue weighted by Gasteiger charge is -2.39. The van der Waals surface area contributed by atoms with Crippen LogP contribution in [0.4, 0.5) is 0 Å². The number of benzene rings is 2. The molecule has 3 saturated heterocycles. The number of nitrogens with zero attached hydrogens (tertiary/aromatic N) is 5. The Labute approximate surface area is 385 Å². The largest absolute Gasteiger partial charge is 0.343 e. The number of para-hydroxylation sites is 1. The van der Waals surface area contributed by atoms with E-state index in [1.807, 2.05) is 42.2 Å². The standard InChI is InChI=1S/C50H73N9O6/c1-5-43(60)52-40(49(64)57-30-18-19-31-57)33-56(6-2)44(61)25-16-11-9-7-8-10-12-17-26-45(62)58-32-29-37-27-28-42(59(37)50(65)41(34-58)54-48(63)35(3)51-4)47-53-39-24-20-23-38(46(39)55-47)36-21-14-13-15-22-36/h13-15,20-24,35,37,40-42,51H,5-12,16-19,25-34H2,1-4H3,(H,52,60)(H,53,55)(H,54,63)/t35?,37?,40-,41?,42?/m0/s1. The second kappa shape index (κ2) is 24.3. The van der Waals surface area contributed by atoms with Crippen LogP contribution in [0.25, 0.3) is 22.2 Å². The van der Waals surface area contributed by atoms with Gasteiger partial charge in [-0.05, 0) is 77.5 Å². The molecule has 0 aliphatic carbocycles. The predicted molar refractivity (Wildman–Crippen MR) is 252 cm³/mol. The molecule has 4 unspecified atom stereocenters. The number of likely N-dealkylation sites (tertiary alicyclic amines) is 1. The number of aromatic amines is 1. The number of imidazole rings is 1. The van der Waals surface area contributed by atoms with Crippen LogP contribution in [0.15, 0.2) is 48.5 Å². The molecule has 5 atom stereocenters. The van der Waals surface area contributed by atoms with Gasteiger partial charge in [-0.25, -0.2) is 4.98 Å². The summed E-state index contributed by atoms with van der Waals surface area (Å²) in [7, 11) is 1.71. The van der Waals surface area contributed by atoms with Gasteiger partial charge in [0.2, 0.25) is 35.4 Å². The smallest absolute Gasteiger partial charge is 0.247 e. The summed E-state index contributed by atoms with van der Waals surface area (Å²) in [4.78, 5) is 95.9. The molecular formula is C50H73N9O6. The average Bonchev–Trinajstić information content (AvgIpc) is 4.11. The summed E-state index contributed by atoms with van der Waals surface area (Å²) < 4.78 is 0. The summed E-state index contributed by atoms with van der Waals surface area (Å²) in [6.45, 7) is 8.13. The molecule has 0 bridgehead atoms. The third-order valence-corrected chi connectivity index (χ3v) is 13.7. The molecule has 6 amide bonds. The second-order valence-electron chi connectivity index (χ2n) is 18.1. The van der Waals surface area contributed by atoms with E-state index < -0.39 is 18.1 Å². The number of carbonyl (C=O) groups excluding carboxylic acids is 6. The molecule has 4 heterocycles. The lowest BCUT2D eigenvalue weighted by Crippen LogP contribution is -2.60. The molecule has 2 aromatic carbocycles. The molecule has 4 N–H and O–H groups in total. The van der Waals surface area contributed by atoms with Gasteiger partial charge in [-0.15, -0.1) is 0 Å². The van der Waals surface area contributed by atoms with E-state index in [2.05, 4.69) is 39.1 Å². The van der Waals surface area contributed by atoms with Crippen molar-refractivity contribution >= 4 is 46.5 Å². The van der Waals surface area contributed by atoms with Crippen molar-refractivity contribution in [3.8, 4) is 11.1 Å². The quantitative estimate of drug-likeness (QED) is 0.0907. The normalized spacial score (nSPS) is 19.7. The van der Waals surface area contributed by atoms with Crippen molar-refractivity contribution in [3.05, 3.63) is 54.4 Å². The Bertz CT molecular complexity index is 2070. The van der Waals surface area contributed by atoms with Crippen LogP contribution in [-0.2, 0) is 28.8 Å². The third kappa shape index (κ3) is 12.9. The van der Waals surface area contributed by atoms with E-state index in [0.717, 1.165) is 105 Å². The fourth-order valence-corrected chi connectivity index (χ4v) is 9.67. The molecular weight excluding hydrogens is 823 g/mol. The number of aromatic nitrogens is 2. The van der Waals surface area contributed by atoms with Crippen molar-refractivity contribution in [2.24, 2.45) is 0 Å². The van der Waals surface area contributed by atoms with Crippen molar-refractivity contribution in [2.75, 3.05) is 46.3 Å². The third-order valence-electron chi connectivity index (χ3n) is 13.7. The molecule has 65 heavy (non-hydrogen) atoms. The van der Waals surface area contributed by atoms with E-state index in [1.165, 1.54) is 0 Å². The summed E-state index contributed by atoms with van der Waals surface area (Å²) in [6.07, 6.45) is 12.7. The van der Waals surface area contributed by atoms with Crippen LogP contribution in [0.1, 0.15) is 135 Å². The zero-order chi connectivity index (χ0) is 46.3. The van der Waals surface area contributed by atoms with Gasteiger partial charge in [0.1, 0.15) is 17.9 Å². The van der Waals surface area contributed by atoms with E-state index in [-0.39, 0.29) is 67.0 Å². The number of likely N-dealkylation sites (N-methyl/N-ethyl adjacent to an activating group) is 2. The van der Waals surface area contributed by atoms with E-state index in [0.29, 0.717) is 45.4 Å². The molecule has 0 spiro atoms. The predicted octanol–water partition coefficient (Wildman–Crippen LogP) is 5.85. The van der Waals surface area contributed by atoms with Gasteiger partial charge < -0.3 is 40.5 Å². The molecule has 3 fully saturated rings. The van der Waals surface area contributed by atoms with E-state index in [1.54, 1.807) is 35.6 Å². The Morgan fingerprint density at radius 3 is 2.20 bits per heavy atom. The Morgan fingerprint density at radius 1 is 0.831 bits per heavy atom. The van der Waals surface area contributed by atoms with Gasteiger partial charge >= 0.3 is 0 Å². The number of rotatable bonds is 22. The first-order valence-electron chi connectivity index (χ1n) is 24.5. The Hall–Kier alpha value is -5.31. The summed E-state index contributed by atoms with van der Waals surface area (Å²) in [5, 5.41) is 8.82. The molecule has 0 saturated carbocycles. The average molecular weight is 896 g/mol. The maximum Gasteiger partial charge on any atom is 0.247 e. The van der Waals surface area contributed by atoms with Gasteiger partial charge in [-0.3, -0.25) is 28.8 Å². The molecule has 3 aliphatic heterocycles. The second-order valence-corrected chi connectivity index (χ2v) is 18.1. The Morgan fingerprint density at radius 2 is 1.52 bits per heavy atom. The molecule has 15 nitrogen and oxygen atoms in total. The van der Waals surface area contributed by atoms with Gasteiger partial charge in [-0.1, -0.05) is 87.9 Å². The SMILES string of the molecule is CCC(=O)N[C@@H](CN(CC)C(=O)CCCCCCCCCCC(=O)N1CCC2CCC(c3nc4cccc(-c5ccccc5)c4[nH]3)N2C(=O)C(NC(=O)C(C)NC)C1)C(=O)N1CCCC1. The highest BCUT2D eigenvalue weighted by atomic mass is 16.2. The number of H-pyrrole nitrogens is 1. The van der Waals surface area contributed by atoms with Crippen LogP contribution < -0.4 is 16.0 Å². The number of hydrogen-bond donors (Lipinski definition) is 4. The lowest BCUT2D eigenvalue weighted by atomic mass is 10.0. The van der Waals surface area contributed by atoms with Gasteiger partial charge in [0, 0.05) is 70.1 Å². The van der Waals surface area contributed by atoms with Crippen LogP contribution >= 0.6 is 0 Å². The van der Waals surface area contributed by atoms with Crippen LogP contribution in [0.2, 0.25) is 0 Å². The topological polar surface area (TPSA) is 180 Å². The first-order valence-corrected chi connectivity index (χ1v) is 24.5. The monoisotopic (exact) mass is 896 g/mol. The Balaban J connectivity index is 0.948. The van der Waals surface area contributed by atoms with Gasteiger partial charge in [0.05, 0.1) is 23.1 Å². The summed E-state index contributed by atoms with van der Waals surface area (Å²) in [5.41, 5.74) is 3.90. The zero-order valence-electron chi connectivity index (χ0n) is 39.2. The first-order chi connectivity index (χ1) is 31.5. The fourth-order valence-electron chi connectivity index (χ4n) is 9.67. The highest BCUT2D eigenvalue weighted by Gasteiger charge is 2.44. The van der Waals surface area contributed by atoms with Crippen molar-refractivity contribution in [1.29, 1.82) is 0 Å². The summed E-state index contributed by atoms with van der Waals surface area (Å²) >= 11 is 0. The van der Waals surface area contributed by atoms with Crippen LogP contribution in [0.5, 0.6) is 0 Å². The first kappa shape index (κ1) is 49.1. The number of fused-ring (bicyclic) bond motifs is 2. The van der Waals surface area contributed by atoms with Gasteiger partial charge in [0.25, 0.3) is 0 Å². The van der Waals surface area contributed by atoms with Crippen molar-refractivity contribution in [2.45, 2.75) is 154 Å². The number of hydrogen-bond acceptors (Lipinski definition) is 8. The number of amides is 6. The van der Waals surface area contributed by atoms with Crippen LogP contribution in [0, 0.1) is 0 Å². The minimum atomic E-state index is -0.885. The summed E-state index contributed by atoms with van der Waals surface area (Å²) in [6, 6.07) is 13.8. The van der Waals surface area contributed by atoms with Crippen molar-refractivity contribution in [1.82, 2.24) is 45.5 Å². The van der Waals surface area contributed by atoms with Gasteiger partial charge in [-0.2, -0.15) is 0 Å². The lowest BCUT2D eigenvalue weighted by molar-refractivity contribution is -0.144. The van der Waals surface area contributed by atoms with Crippen LogP contribution in [-0.4, -0.2) is 135 Å². The molecule has 354 valence electrons. The number of nitrogens with one attached hydrogen (secondary N) is 4. The molecule has 3 aliphatic rings. The van der Waals surface area contributed by atoms with Crippen LogP contribution in [0.3, 0.4) is 0 Å². The van der Waals surface area contributed by atoms with E-state index >= 15 is 0 Å². The number of carbonyl (C=O) groups is 6. The molecule has 1 aromatic heterocycles. The number of unbranched alkanes of at least 4 members (excludes halogenated alkanes) is 7. The fraction of sp³-hybridized carbons (Fsp3) is 0.620. The van der Waals surface area contributed by atoms with E-state index in [9.17, 15) is 28.8 Å². The highest BCUT2D eigenvalue weighted by molar-refractivity contribution is 5.93. The molecule has 3 aromatic rings. The van der Waals surface area contributed by atoms with Crippen molar-refractivity contribution < 1.29 is 28.8 Å². The van der Waals surface area contributed by atoms with Gasteiger partial charge in [0.15, 0.2) is 0 Å². The van der Waals surface area contributed by atoms with Crippen molar-refractivity contribution in [3.63, 3.8) is 0 Å². The molecule has 0 radical (unpaired) electrons. The zero-order valence-corrected chi connectivity index (χ0v) is 39.2. The molecule has 15 heteroatoms. The van der Waals surface area contributed by atoms with E-state index in [4.69, 9.17) is 4.98 Å². The molecule has 6 rings (SSSR count). The minimum absolute atomic E-state index is 0.0118. The minimum Gasteiger partial charge on any atom is -0.343 e. The Kier molecular flexibility index (Phi) is 18.4. The maximum absolute atomic E-state index is 14.6. The highest BCUT2D eigenvalue weighted by Crippen LogP contribution is 2.39. The summed E-state index contributed by atoms with van der Waals surface area (Å²) in [5.74, 6) is 0.00387.